The first-order valence-electron chi connectivity index (χ1n) is 7.68. The Morgan fingerprint density at radius 1 is 1.25 bits per heavy atom. The van der Waals surface area contributed by atoms with Gasteiger partial charge < -0.3 is 14.2 Å². The summed E-state index contributed by atoms with van der Waals surface area (Å²) in [7, 11) is 0. The number of carbonyl (C=O) groups is 1. The van der Waals surface area contributed by atoms with Crippen molar-refractivity contribution in [1.82, 2.24) is 9.47 Å². The van der Waals surface area contributed by atoms with Gasteiger partial charge in [0.15, 0.2) is 0 Å². The molecule has 1 aromatic carbocycles. The van der Waals surface area contributed by atoms with Crippen molar-refractivity contribution in [1.29, 1.82) is 10.5 Å². The van der Waals surface area contributed by atoms with Crippen LogP contribution in [-0.2, 0) is 16.1 Å². The van der Waals surface area contributed by atoms with E-state index in [4.69, 9.17) is 10.00 Å². The fourth-order valence-electron chi connectivity index (χ4n) is 2.83. The van der Waals surface area contributed by atoms with Crippen LogP contribution in [0.2, 0.25) is 0 Å². The molecule has 120 valence electrons. The van der Waals surface area contributed by atoms with E-state index in [2.05, 4.69) is 6.07 Å². The lowest BCUT2D eigenvalue weighted by Gasteiger charge is -2.26. The van der Waals surface area contributed by atoms with E-state index in [1.165, 1.54) is 0 Å². The van der Waals surface area contributed by atoms with E-state index in [0.29, 0.717) is 26.3 Å². The molecule has 3 rings (SSSR count). The fourth-order valence-corrected chi connectivity index (χ4v) is 2.83. The topological polar surface area (TPSA) is 82.0 Å². The number of carbonyl (C=O) groups excluding carboxylic acids is 1. The Morgan fingerprint density at radius 3 is 2.71 bits per heavy atom. The molecule has 1 aliphatic heterocycles. The summed E-state index contributed by atoms with van der Waals surface area (Å²) in [5.74, 6) is -0.280. The number of nitrogens with zero attached hydrogens (tertiary/aromatic N) is 4. The Morgan fingerprint density at radius 2 is 2.00 bits per heavy atom. The molecule has 0 saturated carbocycles. The monoisotopic (exact) mass is 320 g/mol. The van der Waals surface area contributed by atoms with Gasteiger partial charge in [0.2, 0.25) is 0 Å². The van der Waals surface area contributed by atoms with Gasteiger partial charge in [-0.1, -0.05) is 18.2 Å². The Labute approximate surface area is 139 Å². The number of hydrogen-bond acceptors (Lipinski definition) is 4. The number of ether oxygens (including phenoxy) is 1. The predicted molar refractivity (Wildman–Crippen MR) is 88.5 cm³/mol. The SMILES string of the molecule is N#CCn1cc(/C=C(/C#N)C(=O)N2CCOCC2)c2ccccc21. The lowest BCUT2D eigenvalue weighted by Crippen LogP contribution is -2.41. The molecule has 6 heteroatoms. The van der Waals surface area contributed by atoms with Crippen LogP contribution in [0.4, 0.5) is 0 Å². The third kappa shape index (κ3) is 3.01. The molecule has 0 N–H and O–H groups in total. The molecular weight excluding hydrogens is 304 g/mol. The normalized spacial score (nSPS) is 15.1. The molecule has 1 amide bonds. The summed E-state index contributed by atoms with van der Waals surface area (Å²) in [6, 6.07) is 11.8. The average molecular weight is 320 g/mol. The fraction of sp³-hybridized carbons (Fsp3) is 0.278. The van der Waals surface area contributed by atoms with Crippen LogP contribution in [0.3, 0.4) is 0 Å². The molecule has 0 aliphatic carbocycles. The minimum absolute atomic E-state index is 0.0942. The lowest BCUT2D eigenvalue weighted by molar-refractivity contribution is -0.130. The second-order valence-electron chi connectivity index (χ2n) is 5.46. The quantitative estimate of drug-likeness (QED) is 0.639. The van der Waals surface area contributed by atoms with Crippen molar-refractivity contribution in [2.24, 2.45) is 0 Å². The minimum atomic E-state index is -0.280. The summed E-state index contributed by atoms with van der Waals surface area (Å²) in [6.07, 6.45) is 3.41. The van der Waals surface area contributed by atoms with E-state index < -0.39 is 0 Å². The van der Waals surface area contributed by atoms with Crippen LogP contribution in [0.25, 0.3) is 17.0 Å². The van der Waals surface area contributed by atoms with Gasteiger partial charge in [0.25, 0.3) is 5.91 Å². The molecule has 0 unspecified atom stereocenters. The van der Waals surface area contributed by atoms with Crippen molar-refractivity contribution < 1.29 is 9.53 Å². The van der Waals surface area contributed by atoms with Crippen LogP contribution in [0, 0.1) is 22.7 Å². The minimum Gasteiger partial charge on any atom is -0.378 e. The third-order valence-corrected chi connectivity index (χ3v) is 4.01. The Balaban J connectivity index is 1.99. The van der Waals surface area contributed by atoms with Crippen LogP contribution < -0.4 is 0 Å². The van der Waals surface area contributed by atoms with E-state index in [9.17, 15) is 10.1 Å². The molecule has 1 aromatic heterocycles. The number of benzene rings is 1. The maximum Gasteiger partial charge on any atom is 0.264 e. The van der Waals surface area contributed by atoms with Crippen LogP contribution in [0.15, 0.2) is 36.0 Å². The number of fused-ring (bicyclic) bond motifs is 1. The van der Waals surface area contributed by atoms with Crippen LogP contribution in [0.1, 0.15) is 5.56 Å². The summed E-state index contributed by atoms with van der Waals surface area (Å²) < 4.78 is 7.05. The smallest absolute Gasteiger partial charge is 0.264 e. The van der Waals surface area contributed by atoms with E-state index in [-0.39, 0.29) is 18.0 Å². The molecule has 1 aliphatic rings. The molecule has 0 atom stereocenters. The van der Waals surface area contributed by atoms with Gasteiger partial charge in [-0.15, -0.1) is 0 Å². The van der Waals surface area contributed by atoms with Crippen molar-refractivity contribution in [3.63, 3.8) is 0 Å². The maximum absolute atomic E-state index is 12.5. The standard InChI is InChI=1S/C18H16N4O2/c19-5-6-22-13-15(16-3-1-2-4-17(16)22)11-14(12-20)18(23)21-7-9-24-10-8-21/h1-4,11,13H,6-10H2/b14-11-. The summed E-state index contributed by atoms with van der Waals surface area (Å²) in [5.41, 5.74) is 1.76. The van der Waals surface area contributed by atoms with Gasteiger partial charge in [0.1, 0.15) is 18.2 Å². The first kappa shape index (κ1) is 15.8. The van der Waals surface area contributed by atoms with Gasteiger partial charge in [-0.3, -0.25) is 4.79 Å². The zero-order valence-corrected chi connectivity index (χ0v) is 13.1. The lowest BCUT2D eigenvalue weighted by atomic mass is 10.1. The van der Waals surface area contributed by atoms with E-state index in [0.717, 1.165) is 16.5 Å². The van der Waals surface area contributed by atoms with Gasteiger partial charge in [-0.25, -0.2) is 0 Å². The zero-order chi connectivity index (χ0) is 16.9. The molecule has 2 aromatic rings. The van der Waals surface area contributed by atoms with Crippen molar-refractivity contribution in [3.05, 3.63) is 41.6 Å². The Hall–Kier alpha value is -3.09. The molecular formula is C18H16N4O2. The Kier molecular flexibility index (Phi) is 4.60. The third-order valence-electron chi connectivity index (χ3n) is 4.01. The van der Waals surface area contributed by atoms with Gasteiger partial charge >= 0.3 is 0 Å². The number of nitriles is 2. The van der Waals surface area contributed by atoms with Crippen molar-refractivity contribution >= 4 is 22.9 Å². The first-order chi connectivity index (χ1) is 11.7. The summed E-state index contributed by atoms with van der Waals surface area (Å²) in [5, 5.41) is 19.3. The molecule has 0 bridgehead atoms. The highest BCUT2D eigenvalue weighted by molar-refractivity contribution is 6.04. The summed E-state index contributed by atoms with van der Waals surface area (Å²) in [6.45, 7) is 2.19. The Bertz CT molecular complexity index is 877. The molecule has 1 saturated heterocycles. The van der Waals surface area contributed by atoms with E-state index >= 15 is 0 Å². The van der Waals surface area contributed by atoms with Crippen LogP contribution >= 0.6 is 0 Å². The second kappa shape index (κ2) is 6.99. The van der Waals surface area contributed by atoms with Crippen molar-refractivity contribution in [3.8, 4) is 12.1 Å². The van der Waals surface area contributed by atoms with Crippen LogP contribution in [-0.4, -0.2) is 41.7 Å². The van der Waals surface area contributed by atoms with Gasteiger partial charge in [0.05, 0.1) is 19.3 Å². The number of hydrogen-bond donors (Lipinski definition) is 0. The molecule has 2 heterocycles. The number of rotatable bonds is 3. The zero-order valence-electron chi connectivity index (χ0n) is 13.1. The van der Waals surface area contributed by atoms with Crippen LogP contribution in [0.5, 0.6) is 0 Å². The molecule has 0 spiro atoms. The second-order valence-corrected chi connectivity index (χ2v) is 5.46. The highest BCUT2D eigenvalue weighted by Crippen LogP contribution is 2.24. The number of para-hydroxylation sites is 1. The average Bonchev–Trinajstić information content (AvgIpc) is 2.98. The molecule has 24 heavy (non-hydrogen) atoms. The van der Waals surface area contributed by atoms with E-state index in [1.807, 2.05) is 34.9 Å². The van der Waals surface area contributed by atoms with Gasteiger partial charge in [-0.05, 0) is 12.1 Å². The summed E-state index contributed by atoms with van der Waals surface area (Å²) >= 11 is 0. The predicted octanol–water partition coefficient (Wildman–Crippen LogP) is 1.93. The highest BCUT2D eigenvalue weighted by Gasteiger charge is 2.21. The number of morpholine rings is 1. The van der Waals surface area contributed by atoms with Gasteiger partial charge in [-0.2, -0.15) is 10.5 Å². The van der Waals surface area contributed by atoms with Crippen molar-refractivity contribution in [2.75, 3.05) is 26.3 Å². The maximum atomic E-state index is 12.5. The molecule has 0 radical (unpaired) electrons. The largest absolute Gasteiger partial charge is 0.378 e. The molecule has 6 nitrogen and oxygen atoms in total. The molecule has 1 fully saturated rings. The number of aromatic nitrogens is 1. The van der Waals surface area contributed by atoms with Gasteiger partial charge in [0, 0.05) is 35.8 Å². The number of amides is 1. The first-order valence-corrected chi connectivity index (χ1v) is 7.68. The highest BCUT2D eigenvalue weighted by atomic mass is 16.5. The van der Waals surface area contributed by atoms with E-state index in [1.54, 1.807) is 17.2 Å². The van der Waals surface area contributed by atoms with Crippen molar-refractivity contribution in [2.45, 2.75) is 6.54 Å². The summed E-state index contributed by atoms with van der Waals surface area (Å²) in [4.78, 5) is 14.2.